The first kappa shape index (κ1) is 8.94. The summed E-state index contributed by atoms with van der Waals surface area (Å²) in [6.07, 6.45) is 0. The molecule has 0 bridgehead atoms. The van der Waals surface area contributed by atoms with Crippen molar-refractivity contribution in [2.45, 2.75) is 0 Å². The average Bonchev–Trinajstić information content (AvgIpc) is 2.18. The van der Waals surface area contributed by atoms with Gasteiger partial charge in [0.25, 0.3) is 0 Å². The highest BCUT2D eigenvalue weighted by Crippen LogP contribution is 2.07. The third kappa shape index (κ3) is 1.53. The lowest BCUT2D eigenvalue weighted by Gasteiger charge is -2.12. The molecule has 0 aliphatic heterocycles. The molecule has 1 rings (SSSR count). The Balaban J connectivity index is 3.11. The smallest absolute Gasteiger partial charge is 0.297 e. The van der Waals surface area contributed by atoms with Gasteiger partial charge in [-0.2, -0.15) is 0 Å². The molecule has 0 unspecified atom stereocenters. The molecular formula is C10H11FSi. The lowest BCUT2D eigenvalue weighted by atomic mass is 10.4. The van der Waals surface area contributed by atoms with Crippen LogP contribution in [0.5, 0.6) is 0 Å². The molecule has 0 aromatic heterocycles. The highest BCUT2D eigenvalue weighted by molar-refractivity contribution is 6.94. The second-order valence-corrected chi connectivity index (χ2v) is 5.47. The van der Waals surface area contributed by atoms with Crippen molar-refractivity contribution in [1.29, 1.82) is 0 Å². The third-order valence-corrected chi connectivity index (χ3v) is 4.22. The van der Waals surface area contributed by atoms with E-state index in [9.17, 15) is 4.11 Å². The summed E-state index contributed by atoms with van der Waals surface area (Å²) in [5.41, 5.74) is 2.77. The van der Waals surface area contributed by atoms with Crippen molar-refractivity contribution in [2.75, 3.05) is 0 Å². The van der Waals surface area contributed by atoms with Gasteiger partial charge in [0.2, 0.25) is 0 Å². The molecule has 0 atom stereocenters. The van der Waals surface area contributed by atoms with E-state index in [-0.39, 0.29) is 0 Å². The van der Waals surface area contributed by atoms with Crippen LogP contribution in [0.25, 0.3) is 0 Å². The van der Waals surface area contributed by atoms with E-state index in [1.807, 2.05) is 18.2 Å². The van der Waals surface area contributed by atoms with Gasteiger partial charge >= 0.3 is 8.41 Å². The van der Waals surface area contributed by atoms with E-state index >= 15 is 0 Å². The summed E-state index contributed by atoms with van der Waals surface area (Å²) in [6, 6.07) is 9.06. The van der Waals surface area contributed by atoms with E-state index in [1.54, 1.807) is 12.1 Å². The van der Waals surface area contributed by atoms with Gasteiger partial charge in [0.15, 0.2) is 0 Å². The minimum atomic E-state index is -3.05. The SMILES string of the molecule is C=C[Si](F)(C=C)c1ccccc1. The third-order valence-electron chi connectivity index (χ3n) is 1.81. The zero-order valence-electron chi connectivity index (χ0n) is 6.83. The van der Waals surface area contributed by atoms with Gasteiger partial charge in [-0.3, -0.25) is 4.11 Å². The summed E-state index contributed by atoms with van der Waals surface area (Å²) in [4.78, 5) is 0. The Bertz CT molecular complexity index is 271. The minimum absolute atomic E-state index is 0.704. The number of rotatable bonds is 3. The first-order valence-electron chi connectivity index (χ1n) is 3.74. The lowest BCUT2D eigenvalue weighted by Crippen LogP contribution is -2.39. The molecule has 62 valence electrons. The summed E-state index contributed by atoms with van der Waals surface area (Å²) < 4.78 is 13.9. The molecule has 0 saturated carbocycles. The maximum Gasteiger partial charge on any atom is 0.324 e. The van der Waals surface area contributed by atoms with Gasteiger partial charge in [0.05, 0.1) is 0 Å². The summed E-state index contributed by atoms with van der Waals surface area (Å²) in [5, 5.41) is 0.704. The predicted molar refractivity (Wildman–Crippen MR) is 53.3 cm³/mol. The quantitative estimate of drug-likeness (QED) is 0.492. The van der Waals surface area contributed by atoms with Crippen LogP contribution in [0.2, 0.25) is 0 Å². The maximum absolute atomic E-state index is 13.9. The Morgan fingerprint density at radius 2 is 1.58 bits per heavy atom. The Hall–Kier alpha value is -1.15. The van der Waals surface area contributed by atoms with Crippen LogP contribution in [-0.4, -0.2) is 8.41 Å². The number of benzene rings is 1. The van der Waals surface area contributed by atoms with Crippen molar-refractivity contribution < 1.29 is 4.11 Å². The van der Waals surface area contributed by atoms with Crippen LogP contribution in [0, 0.1) is 0 Å². The molecule has 0 saturated heterocycles. The van der Waals surface area contributed by atoms with E-state index in [0.717, 1.165) is 0 Å². The topological polar surface area (TPSA) is 0 Å². The standard InChI is InChI=1S/C10H11FSi/c1-3-12(11,4-2)10-8-6-5-7-9-10/h3-9H,1-2H2. The van der Waals surface area contributed by atoms with E-state index in [1.165, 1.54) is 11.4 Å². The fraction of sp³-hybridized carbons (Fsp3) is 0. The Labute approximate surface area is 73.2 Å². The first-order chi connectivity index (χ1) is 5.73. The second-order valence-electron chi connectivity index (χ2n) is 2.54. The molecule has 1 aromatic rings. The van der Waals surface area contributed by atoms with Gasteiger partial charge in [-0.05, 0) is 5.19 Å². The van der Waals surface area contributed by atoms with E-state index in [2.05, 4.69) is 13.2 Å². The molecule has 0 radical (unpaired) electrons. The molecule has 0 fully saturated rings. The van der Waals surface area contributed by atoms with Crippen molar-refractivity contribution >= 4 is 13.6 Å². The van der Waals surface area contributed by atoms with Crippen molar-refractivity contribution in [3.8, 4) is 0 Å². The van der Waals surface area contributed by atoms with Crippen LogP contribution in [0.3, 0.4) is 0 Å². The summed E-state index contributed by atoms with van der Waals surface area (Å²) in [7, 11) is -3.05. The minimum Gasteiger partial charge on any atom is -0.297 e. The molecule has 0 spiro atoms. The van der Waals surface area contributed by atoms with Crippen molar-refractivity contribution in [1.82, 2.24) is 0 Å². The van der Waals surface area contributed by atoms with Crippen molar-refractivity contribution in [2.24, 2.45) is 0 Å². The Morgan fingerprint density at radius 1 is 1.08 bits per heavy atom. The molecule has 0 aliphatic rings. The summed E-state index contributed by atoms with van der Waals surface area (Å²) in [5.74, 6) is 0. The van der Waals surface area contributed by atoms with Crippen LogP contribution < -0.4 is 5.19 Å². The Morgan fingerprint density at radius 3 is 2.00 bits per heavy atom. The fourth-order valence-corrected chi connectivity index (χ4v) is 2.35. The molecule has 0 amide bonds. The monoisotopic (exact) mass is 178 g/mol. The van der Waals surface area contributed by atoms with Gasteiger partial charge in [0, 0.05) is 0 Å². The van der Waals surface area contributed by atoms with Crippen LogP contribution in [-0.2, 0) is 0 Å². The van der Waals surface area contributed by atoms with Gasteiger partial charge in [-0.15, -0.1) is 13.2 Å². The summed E-state index contributed by atoms with van der Waals surface area (Å²) in [6.45, 7) is 6.99. The van der Waals surface area contributed by atoms with E-state index < -0.39 is 8.41 Å². The van der Waals surface area contributed by atoms with Crippen LogP contribution in [0.15, 0.2) is 54.9 Å². The average molecular weight is 178 g/mol. The van der Waals surface area contributed by atoms with Gasteiger partial charge in [0.1, 0.15) is 0 Å². The van der Waals surface area contributed by atoms with Crippen molar-refractivity contribution in [3.63, 3.8) is 0 Å². The van der Waals surface area contributed by atoms with Crippen LogP contribution in [0.1, 0.15) is 0 Å². The highest BCUT2D eigenvalue weighted by atomic mass is 28.4. The molecule has 0 aliphatic carbocycles. The molecule has 0 N–H and O–H groups in total. The zero-order chi connectivity index (χ0) is 9.03. The number of halogens is 1. The lowest BCUT2D eigenvalue weighted by molar-refractivity contribution is 0.840. The Kier molecular flexibility index (Phi) is 2.60. The molecule has 0 heterocycles. The number of hydrogen-bond donors (Lipinski definition) is 0. The fourth-order valence-electron chi connectivity index (χ4n) is 1.01. The normalized spacial score (nSPS) is 10.8. The molecule has 12 heavy (non-hydrogen) atoms. The van der Waals surface area contributed by atoms with E-state index in [0.29, 0.717) is 5.19 Å². The van der Waals surface area contributed by atoms with Gasteiger partial charge in [-0.1, -0.05) is 41.7 Å². The van der Waals surface area contributed by atoms with Crippen molar-refractivity contribution in [3.05, 3.63) is 54.9 Å². The van der Waals surface area contributed by atoms with Crippen LogP contribution >= 0.6 is 0 Å². The second kappa shape index (κ2) is 3.50. The predicted octanol–water partition coefficient (Wildman–Crippen LogP) is 2.26. The molecule has 0 nitrogen and oxygen atoms in total. The number of hydrogen-bond acceptors (Lipinski definition) is 0. The van der Waals surface area contributed by atoms with Crippen LogP contribution in [0.4, 0.5) is 4.11 Å². The van der Waals surface area contributed by atoms with E-state index in [4.69, 9.17) is 0 Å². The summed E-state index contributed by atoms with van der Waals surface area (Å²) >= 11 is 0. The largest absolute Gasteiger partial charge is 0.324 e. The van der Waals surface area contributed by atoms with Gasteiger partial charge < -0.3 is 0 Å². The molecule has 1 aromatic carbocycles. The maximum atomic E-state index is 13.9. The highest BCUT2D eigenvalue weighted by Gasteiger charge is 2.28. The first-order valence-corrected chi connectivity index (χ1v) is 5.78. The zero-order valence-corrected chi connectivity index (χ0v) is 7.83. The van der Waals surface area contributed by atoms with Gasteiger partial charge in [-0.25, -0.2) is 0 Å². The molecular weight excluding hydrogens is 167 g/mol. The molecule has 2 heteroatoms.